The fourth-order valence-electron chi connectivity index (χ4n) is 2.27. The molecule has 1 N–H and O–H groups in total. The standard InChI is InChI=1S/C13H15ClO3/c14-10-2-5-11(6-3-10)17-12-4-1-9(7-12)8-13(15)16/h2-3,5-6,9,12H,1,4,7-8H2,(H,15,16). The second-order valence-corrected chi connectivity index (χ2v) is 4.91. The highest BCUT2D eigenvalue weighted by Gasteiger charge is 2.27. The Morgan fingerprint density at radius 1 is 1.35 bits per heavy atom. The molecule has 0 bridgehead atoms. The normalized spacial score (nSPS) is 23.6. The van der Waals surface area contributed by atoms with Crippen LogP contribution in [-0.2, 0) is 4.79 Å². The molecule has 0 heterocycles. The molecule has 1 saturated carbocycles. The predicted molar refractivity (Wildman–Crippen MR) is 65.5 cm³/mol. The first-order valence-electron chi connectivity index (χ1n) is 5.77. The van der Waals surface area contributed by atoms with Crippen LogP contribution in [-0.4, -0.2) is 17.2 Å². The summed E-state index contributed by atoms with van der Waals surface area (Å²) in [5.41, 5.74) is 0. The fraction of sp³-hybridized carbons (Fsp3) is 0.462. The number of halogens is 1. The van der Waals surface area contributed by atoms with E-state index in [1.54, 1.807) is 12.1 Å². The lowest BCUT2D eigenvalue weighted by molar-refractivity contribution is -0.138. The summed E-state index contributed by atoms with van der Waals surface area (Å²) in [5.74, 6) is 0.335. The lowest BCUT2D eigenvalue weighted by Crippen LogP contribution is -2.13. The first kappa shape index (κ1) is 12.2. The molecule has 2 rings (SSSR count). The van der Waals surface area contributed by atoms with E-state index in [2.05, 4.69) is 0 Å². The first-order valence-corrected chi connectivity index (χ1v) is 6.15. The van der Waals surface area contributed by atoms with E-state index in [1.165, 1.54) is 0 Å². The van der Waals surface area contributed by atoms with Crippen molar-refractivity contribution in [2.45, 2.75) is 31.8 Å². The summed E-state index contributed by atoms with van der Waals surface area (Å²) in [6.45, 7) is 0. The van der Waals surface area contributed by atoms with Crippen molar-refractivity contribution >= 4 is 17.6 Å². The zero-order valence-electron chi connectivity index (χ0n) is 9.43. The number of hydrogen-bond donors (Lipinski definition) is 1. The van der Waals surface area contributed by atoms with Crippen LogP contribution in [0.1, 0.15) is 25.7 Å². The van der Waals surface area contributed by atoms with Crippen LogP contribution >= 0.6 is 11.6 Å². The van der Waals surface area contributed by atoms with E-state index < -0.39 is 5.97 Å². The molecule has 17 heavy (non-hydrogen) atoms. The Morgan fingerprint density at radius 2 is 2.06 bits per heavy atom. The number of hydrogen-bond acceptors (Lipinski definition) is 2. The van der Waals surface area contributed by atoms with Gasteiger partial charge < -0.3 is 9.84 Å². The lowest BCUT2D eigenvalue weighted by atomic mass is 10.0. The first-order chi connectivity index (χ1) is 8.13. The van der Waals surface area contributed by atoms with Crippen molar-refractivity contribution in [1.82, 2.24) is 0 Å². The molecule has 92 valence electrons. The van der Waals surface area contributed by atoms with Gasteiger partial charge in [-0.3, -0.25) is 4.79 Å². The number of carboxylic acids is 1. The van der Waals surface area contributed by atoms with Crippen molar-refractivity contribution in [2.24, 2.45) is 5.92 Å². The summed E-state index contributed by atoms with van der Waals surface area (Å²) in [4.78, 5) is 10.6. The molecule has 3 nitrogen and oxygen atoms in total. The van der Waals surface area contributed by atoms with Gasteiger partial charge in [-0.25, -0.2) is 0 Å². The van der Waals surface area contributed by atoms with Crippen LogP contribution in [0.15, 0.2) is 24.3 Å². The molecule has 0 amide bonds. The van der Waals surface area contributed by atoms with Crippen LogP contribution in [0.5, 0.6) is 5.75 Å². The van der Waals surface area contributed by atoms with Gasteiger partial charge in [0.15, 0.2) is 0 Å². The van der Waals surface area contributed by atoms with E-state index >= 15 is 0 Å². The van der Waals surface area contributed by atoms with Gasteiger partial charge in [0, 0.05) is 11.4 Å². The minimum absolute atomic E-state index is 0.139. The molecule has 0 aliphatic heterocycles. The number of aliphatic carboxylic acids is 1. The summed E-state index contributed by atoms with van der Waals surface area (Å²) in [7, 11) is 0. The Balaban J connectivity index is 1.85. The molecule has 2 unspecified atom stereocenters. The molecule has 1 aromatic rings. The van der Waals surface area contributed by atoms with Gasteiger partial charge in [0.1, 0.15) is 5.75 Å². The average molecular weight is 255 g/mol. The second kappa shape index (κ2) is 5.41. The molecular weight excluding hydrogens is 240 g/mol. The van der Waals surface area contributed by atoms with Gasteiger partial charge in [-0.2, -0.15) is 0 Å². The van der Waals surface area contributed by atoms with Crippen molar-refractivity contribution in [1.29, 1.82) is 0 Å². The summed E-state index contributed by atoms with van der Waals surface area (Å²) in [6.07, 6.45) is 3.08. The minimum Gasteiger partial charge on any atom is -0.490 e. The third kappa shape index (κ3) is 3.63. The van der Waals surface area contributed by atoms with Gasteiger partial charge in [-0.15, -0.1) is 0 Å². The number of ether oxygens (including phenoxy) is 1. The van der Waals surface area contributed by atoms with Gasteiger partial charge >= 0.3 is 5.97 Å². The van der Waals surface area contributed by atoms with E-state index in [4.69, 9.17) is 21.4 Å². The summed E-state index contributed by atoms with van der Waals surface area (Å²) < 4.78 is 5.79. The van der Waals surface area contributed by atoms with Crippen LogP contribution in [0.3, 0.4) is 0 Å². The maximum atomic E-state index is 10.6. The van der Waals surface area contributed by atoms with Crippen molar-refractivity contribution in [3.05, 3.63) is 29.3 Å². The third-order valence-electron chi connectivity index (χ3n) is 3.07. The maximum absolute atomic E-state index is 10.6. The smallest absolute Gasteiger partial charge is 0.303 e. The highest BCUT2D eigenvalue weighted by molar-refractivity contribution is 6.30. The number of carbonyl (C=O) groups is 1. The molecular formula is C13H15ClO3. The van der Waals surface area contributed by atoms with Crippen LogP contribution < -0.4 is 4.74 Å². The van der Waals surface area contributed by atoms with Crippen LogP contribution in [0.25, 0.3) is 0 Å². The van der Waals surface area contributed by atoms with E-state index in [-0.39, 0.29) is 18.4 Å². The zero-order valence-corrected chi connectivity index (χ0v) is 10.2. The molecule has 1 aromatic carbocycles. The van der Waals surface area contributed by atoms with E-state index in [0.717, 1.165) is 25.0 Å². The van der Waals surface area contributed by atoms with E-state index in [0.29, 0.717) is 5.02 Å². The van der Waals surface area contributed by atoms with Gasteiger partial charge in [0.2, 0.25) is 0 Å². The molecule has 0 aromatic heterocycles. The SMILES string of the molecule is O=C(O)CC1CCC(Oc2ccc(Cl)cc2)C1. The number of benzene rings is 1. The molecule has 0 spiro atoms. The quantitative estimate of drug-likeness (QED) is 0.896. The fourth-order valence-corrected chi connectivity index (χ4v) is 2.40. The highest BCUT2D eigenvalue weighted by atomic mass is 35.5. The molecule has 0 saturated heterocycles. The Hall–Kier alpha value is -1.22. The van der Waals surface area contributed by atoms with Crippen molar-refractivity contribution < 1.29 is 14.6 Å². The molecule has 2 atom stereocenters. The predicted octanol–water partition coefficient (Wildman–Crippen LogP) is 3.36. The maximum Gasteiger partial charge on any atom is 0.303 e. The number of carboxylic acid groups (broad SMARTS) is 1. The molecule has 1 aliphatic carbocycles. The summed E-state index contributed by atoms with van der Waals surface area (Å²) in [5, 5.41) is 9.41. The lowest BCUT2D eigenvalue weighted by Gasteiger charge is -2.13. The molecule has 1 aliphatic rings. The zero-order chi connectivity index (χ0) is 12.3. The largest absolute Gasteiger partial charge is 0.490 e. The van der Waals surface area contributed by atoms with Crippen molar-refractivity contribution in [2.75, 3.05) is 0 Å². The summed E-state index contributed by atoms with van der Waals surface area (Å²) in [6, 6.07) is 7.26. The van der Waals surface area contributed by atoms with Gasteiger partial charge in [0.25, 0.3) is 0 Å². The van der Waals surface area contributed by atoms with E-state index in [9.17, 15) is 4.79 Å². The minimum atomic E-state index is -0.720. The van der Waals surface area contributed by atoms with Crippen molar-refractivity contribution in [3.8, 4) is 5.75 Å². The summed E-state index contributed by atoms with van der Waals surface area (Å²) >= 11 is 5.79. The Labute approximate surface area is 105 Å². The van der Waals surface area contributed by atoms with Crippen LogP contribution in [0, 0.1) is 5.92 Å². The third-order valence-corrected chi connectivity index (χ3v) is 3.32. The van der Waals surface area contributed by atoms with Gasteiger partial charge in [0.05, 0.1) is 6.10 Å². The highest BCUT2D eigenvalue weighted by Crippen LogP contribution is 2.31. The molecule has 4 heteroatoms. The average Bonchev–Trinajstić information content (AvgIpc) is 2.68. The second-order valence-electron chi connectivity index (χ2n) is 4.47. The monoisotopic (exact) mass is 254 g/mol. The van der Waals surface area contributed by atoms with E-state index in [1.807, 2.05) is 12.1 Å². The molecule has 1 fully saturated rings. The van der Waals surface area contributed by atoms with Crippen LogP contribution in [0.4, 0.5) is 0 Å². The molecule has 0 radical (unpaired) electrons. The van der Waals surface area contributed by atoms with Crippen molar-refractivity contribution in [3.63, 3.8) is 0 Å². The van der Waals surface area contributed by atoms with Gasteiger partial charge in [-0.1, -0.05) is 11.6 Å². The Kier molecular flexibility index (Phi) is 3.89. The topological polar surface area (TPSA) is 46.5 Å². The number of rotatable bonds is 4. The Bertz CT molecular complexity index is 388. The van der Waals surface area contributed by atoms with Gasteiger partial charge in [-0.05, 0) is 49.4 Å². The van der Waals surface area contributed by atoms with Crippen LogP contribution in [0.2, 0.25) is 5.02 Å². The Morgan fingerprint density at radius 3 is 2.71 bits per heavy atom.